The van der Waals surface area contributed by atoms with Crippen molar-refractivity contribution in [3.05, 3.63) is 83.4 Å². The van der Waals surface area contributed by atoms with E-state index in [-0.39, 0.29) is 47.9 Å². The predicted octanol–water partition coefficient (Wildman–Crippen LogP) is 6.76. The van der Waals surface area contributed by atoms with Crippen molar-refractivity contribution in [2.24, 2.45) is 5.41 Å². The minimum atomic E-state index is -4.72. The van der Waals surface area contributed by atoms with E-state index in [0.29, 0.717) is 23.4 Å². The number of carboxylic acids is 1. The second kappa shape index (κ2) is 12.4. The number of alkyl halides is 3. The third-order valence-electron chi connectivity index (χ3n) is 6.10. The number of ether oxygens (including phenoxy) is 1. The molecule has 214 valence electrons. The van der Waals surface area contributed by atoms with Gasteiger partial charge in [-0.05, 0) is 53.9 Å². The van der Waals surface area contributed by atoms with Crippen molar-refractivity contribution < 1.29 is 41.4 Å². The van der Waals surface area contributed by atoms with Crippen LogP contribution in [0.2, 0.25) is 0 Å². The van der Waals surface area contributed by atoms with Gasteiger partial charge in [0.25, 0.3) is 5.91 Å². The first-order valence-corrected chi connectivity index (χ1v) is 12.3. The maximum atomic E-state index is 14.8. The molecule has 1 amide bonds. The molecule has 0 fully saturated rings. The molecular formula is C29H29F5N2O4. The van der Waals surface area contributed by atoms with Crippen molar-refractivity contribution in [3.63, 3.8) is 0 Å². The second-order valence-corrected chi connectivity index (χ2v) is 10.2. The average molecular weight is 565 g/mol. The van der Waals surface area contributed by atoms with Crippen LogP contribution in [0, 0.1) is 17.0 Å². The Hall–Kier alpha value is -4.15. The van der Waals surface area contributed by atoms with Gasteiger partial charge in [-0.3, -0.25) is 9.59 Å². The highest BCUT2D eigenvalue weighted by atomic mass is 19.4. The summed E-state index contributed by atoms with van der Waals surface area (Å²) in [6.45, 7) is 6.02. The average Bonchev–Trinajstić information content (AvgIpc) is 2.85. The molecule has 0 aliphatic carbocycles. The second-order valence-electron chi connectivity index (χ2n) is 10.2. The topological polar surface area (TPSA) is 87.7 Å². The number of hydrogen-bond donors (Lipinski definition) is 3. The quantitative estimate of drug-likeness (QED) is 0.237. The fourth-order valence-corrected chi connectivity index (χ4v) is 3.71. The molecular weight excluding hydrogens is 535 g/mol. The molecule has 0 bridgehead atoms. The van der Waals surface area contributed by atoms with Gasteiger partial charge in [-0.25, -0.2) is 8.78 Å². The predicted molar refractivity (Wildman–Crippen MR) is 140 cm³/mol. The Balaban J connectivity index is 1.67. The molecule has 0 aliphatic heterocycles. The van der Waals surface area contributed by atoms with Crippen molar-refractivity contribution in [2.45, 2.75) is 39.4 Å². The molecule has 3 aromatic rings. The number of rotatable bonds is 10. The lowest BCUT2D eigenvalue weighted by Crippen LogP contribution is -2.39. The van der Waals surface area contributed by atoms with E-state index in [1.165, 1.54) is 12.1 Å². The third kappa shape index (κ3) is 8.17. The molecule has 0 unspecified atom stereocenters. The number of benzene rings is 3. The highest BCUT2D eigenvalue weighted by Crippen LogP contribution is 2.34. The van der Waals surface area contributed by atoms with Crippen LogP contribution in [0.4, 0.5) is 27.6 Å². The van der Waals surface area contributed by atoms with Crippen molar-refractivity contribution in [3.8, 4) is 16.9 Å². The Morgan fingerprint density at radius 1 is 0.900 bits per heavy atom. The molecule has 0 radical (unpaired) electrons. The summed E-state index contributed by atoms with van der Waals surface area (Å²) in [6, 6.07) is 11.9. The maximum absolute atomic E-state index is 14.8. The molecule has 3 N–H and O–H groups in total. The number of halogens is 5. The Bertz CT molecular complexity index is 1350. The van der Waals surface area contributed by atoms with Gasteiger partial charge in [0, 0.05) is 35.0 Å². The molecule has 1 atom stereocenters. The number of carbonyl (C=O) groups excluding carboxylic acids is 1. The highest BCUT2D eigenvalue weighted by Gasteiger charge is 2.31. The summed E-state index contributed by atoms with van der Waals surface area (Å²) in [5.41, 5.74) is -0.941. The van der Waals surface area contributed by atoms with Crippen LogP contribution in [0.25, 0.3) is 11.1 Å². The zero-order valence-corrected chi connectivity index (χ0v) is 22.0. The van der Waals surface area contributed by atoms with Crippen LogP contribution in [0.1, 0.15) is 43.1 Å². The highest BCUT2D eigenvalue weighted by molar-refractivity contribution is 5.94. The molecule has 0 saturated heterocycles. The third-order valence-corrected chi connectivity index (χ3v) is 6.10. The van der Waals surface area contributed by atoms with Gasteiger partial charge in [-0.2, -0.15) is 13.2 Å². The molecule has 0 heterocycles. The number of carboxylic acid groups (broad SMARTS) is 1. The standard InChI is InChI=1S/C29H29F5N2O4/c1-28(2,3)25(36-19-7-4-17(5-8-19)27(39)35-13-12-26(37)38)16-40-20-9-11-22(24(31)15-20)21-10-6-18(14-23(21)30)29(32,33)34/h4-11,14-15,25,36H,12-13,16H2,1-3H3,(H,35,39)(H,37,38)/t25-/m1/s1. The molecule has 40 heavy (non-hydrogen) atoms. The van der Waals surface area contributed by atoms with Gasteiger partial charge in [-0.15, -0.1) is 0 Å². The Morgan fingerprint density at radius 3 is 2.02 bits per heavy atom. The maximum Gasteiger partial charge on any atom is 0.416 e. The van der Waals surface area contributed by atoms with E-state index in [2.05, 4.69) is 10.6 Å². The summed E-state index contributed by atoms with van der Waals surface area (Å²) in [6.07, 6.45) is -4.90. The molecule has 0 aromatic heterocycles. The van der Waals surface area contributed by atoms with Crippen molar-refractivity contribution in [2.75, 3.05) is 18.5 Å². The number of carbonyl (C=O) groups is 2. The van der Waals surface area contributed by atoms with Gasteiger partial charge < -0.3 is 20.5 Å². The SMILES string of the molecule is CC(C)(C)[C@@H](COc1ccc(-c2ccc(C(F)(F)F)cc2F)c(F)c1)Nc1ccc(C(=O)NCCC(=O)O)cc1. The zero-order valence-electron chi connectivity index (χ0n) is 22.0. The summed E-state index contributed by atoms with van der Waals surface area (Å²) in [4.78, 5) is 22.7. The first kappa shape index (κ1) is 30.4. The largest absolute Gasteiger partial charge is 0.491 e. The fraction of sp³-hybridized carbons (Fsp3) is 0.310. The lowest BCUT2D eigenvalue weighted by Gasteiger charge is -2.32. The Morgan fingerprint density at radius 2 is 1.50 bits per heavy atom. The molecule has 0 saturated carbocycles. The lowest BCUT2D eigenvalue weighted by atomic mass is 9.87. The van der Waals surface area contributed by atoms with Gasteiger partial charge in [0.2, 0.25) is 0 Å². The monoisotopic (exact) mass is 564 g/mol. The number of anilines is 1. The number of nitrogens with one attached hydrogen (secondary N) is 2. The summed E-state index contributed by atoms with van der Waals surface area (Å²) < 4.78 is 73.4. The van der Waals surface area contributed by atoms with E-state index in [1.54, 1.807) is 24.3 Å². The molecule has 6 nitrogen and oxygen atoms in total. The van der Waals surface area contributed by atoms with E-state index >= 15 is 0 Å². The molecule has 0 aliphatic rings. The Labute approximate surface area is 228 Å². The zero-order chi connectivity index (χ0) is 29.7. The summed E-state index contributed by atoms with van der Waals surface area (Å²) in [5.74, 6) is -3.30. The van der Waals surface area contributed by atoms with Crippen molar-refractivity contribution in [1.29, 1.82) is 0 Å². The fourth-order valence-electron chi connectivity index (χ4n) is 3.71. The van der Waals surface area contributed by atoms with E-state index in [0.717, 1.165) is 12.1 Å². The smallest absolute Gasteiger partial charge is 0.416 e. The first-order valence-electron chi connectivity index (χ1n) is 12.3. The molecule has 3 aromatic carbocycles. The first-order chi connectivity index (χ1) is 18.6. The summed E-state index contributed by atoms with van der Waals surface area (Å²) >= 11 is 0. The van der Waals surface area contributed by atoms with Gasteiger partial charge in [0.1, 0.15) is 24.0 Å². The molecule has 3 rings (SSSR count). The minimum absolute atomic E-state index is 0.0124. The van der Waals surface area contributed by atoms with Crippen molar-refractivity contribution in [1.82, 2.24) is 5.32 Å². The molecule has 11 heteroatoms. The number of aliphatic carboxylic acids is 1. The molecule has 0 spiro atoms. The summed E-state index contributed by atoms with van der Waals surface area (Å²) in [7, 11) is 0. The van der Waals surface area contributed by atoms with Crippen LogP contribution in [0.5, 0.6) is 5.75 Å². The van der Waals surface area contributed by atoms with Crippen LogP contribution >= 0.6 is 0 Å². The van der Waals surface area contributed by atoms with Gasteiger partial charge in [0.15, 0.2) is 0 Å². The van der Waals surface area contributed by atoms with Gasteiger partial charge in [-0.1, -0.05) is 26.8 Å². The summed E-state index contributed by atoms with van der Waals surface area (Å²) in [5, 5.41) is 14.5. The number of hydrogen-bond acceptors (Lipinski definition) is 4. The Kier molecular flexibility index (Phi) is 9.39. The van der Waals surface area contributed by atoms with Crippen LogP contribution in [-0.4, -0.2) is 36.2 Å². The lowest BCUT2D eigenvalue weighted by molar-refractivity contribution is -0.138. The van der Waals surface area contributed by atoms with Crippen LogP contribution in [-0.2, 0) is 11.0 Å². The van der Waals surface area contributed by atoms with Crippen LogP contribution < -0.4 is 15.4 Å². The van der Waals surface area contributed by atoms with E-state index in [9.17, 15) is 31.5 Å². The van der Waals surface area contributed by atoms with E-state index in [1.807, 2.05) is 20.8 Å². The van der Waals surface area contributed by atoms with E-state index in [4.69, 9.17) is 9.84 Å². The van der Waals surface area contributed by atoms with Crippen molar-refractivity contribution >= 4 is 17.6 Å². The van der Waals surface area contributed by atoms with Gasteiger partial charge >= 0.3 is 12.1 Å². The normalized spacial score (nSPS) is 12.5. The minimum Gasteiger partial charge on any atom is -0.491 e. The van der Waals surface area contributed by atoms with Gasteiger partial charge in [0.05, 0.1) is 18.0 Å². The van der Waals surface area contributed by atoms with Crippen LogP contribution in [0.15, 0.2) is 60.7 Å². The van der Waals surface area contributed by atoms with Crippen LogP contribution in [0.3, 0.4) is 0 Å². The number of amides is 1. The van der Waals surface area contributed by atoms with E-state index < -0.39 is 35.3 Å².